The van der Waals surface area contributed by atoms with Crippen molar-refractivity contribution in [3.05, 3.63) is 59.1 Å². The van der Waals surface area contributed by atoms with Crippen LogP contribution < -0.4 is 5.32 Å². The fourth-order valence-electron chi connectivity index (χ4n) is 3.03. The van der Waals surface area contributed by atoms with Crippen molar-refractivity contribution in [2.75, 3.05) is 18.1 Å². The maximum absolute atomic E-state index is 6.38. The zero-order chi connectivity index (χ0) is 15.8. The summed E-state index contributed by atoms with van der Waals surface area (Å²) < 4.78 is 1.94. The smallest absolute Gasteiger partial charge is 0.133 e. The Morgan fingerprint density at radius 2 is 1.91 bits per heavy atom. The Hall–Kier alpha value is -1.91. The molecule has 0 spiro atoms. The lowest BCUT2D eigenvalue weighted by Gasteiger charge is -2.08. The molecular formula is C18H16ClN3S. The lowest BCUT2D eigenvalue weighted by Crippen LogP contribution is -2.04. The zero-order valence-electron chi connectivity index (χ0n) is 12.7. The van der Waals surface area contributed by atoms with Crippen LogP contribution in [0.15, 0.2) is 53.4 Å². The molecule has 3 nitrogen and oxygen atoms in total. The van der Waals surface area contributed by atoms with Crippen molar-refractivity contribution in [1.82, 2.24) is 9.78 Å². The summed E-state index contributed by atoms with van der Waals surface area (Å²) >= 11 is 8.13. The first kappa shape index (κ1) is 14.7. The van der Waals surface area contributed by atoms with E-state index < -0.39 is 0 Å². The van der Waals surface area contributed by atoms with Crippen LogP contribution in [-0.2, 0) is 6.42 Å². The highest BCUT2D eigenvalue weighted by Crippen LogP contribution is 2.38. The van der Waals surface area contributed by atoms with Gasteiger partial charge in [-0.15, -0.1) is 11.8 Å². The molecule has 0 aliphatic carbocycles. The summed E-state index contributed by atoms with van der Waals surface area (Å²) in [7, 11) is 0. The summed E-state index contributed by atoms with van der Waals surface area (Å²) in [6, 6.07) is 16.2. The van der Waals surface area contributed by atoms with E-state index in [4.69, 9.17) is 16.7 Å². The van der Waals surface area contributed by atoms with Crippen LogP contribution in [-0.4, -0.2) is 22.6 Å². The molecule has 23 heavy (non-hydrogen) atoms. The topological polar surface area (TPSA) is 29.9 Å². The number of nitrogens with zero attached hydrogens (tertiary/aromatic N) is 2. The highest BCUT2D eigenvalue weighted by atomic mass is 35.5. The van der Waals surface area contributed by atoms with Gasteiger partial charge in [0.25, 0.3) is 0 Å². The third kappa shape index (κ3) is 2.42. The Morgan fingerprint density at radius 3 is 2.74 bits per heavy atom. The lowest BCUT2D eigenvalue weighted by atomic mass is 10.1. The van der Waals surface area contributed by atoms with E-state index in [0.717, 1.165) is 30.2 Å². The van der Waals surface area contributed by atoms with Crippen LogP contribution in [0.4, 0.5) is 5.82 Å². The predicted molar refractivity (Wildman–Crippen MR) is 98.0 cm³/mol. The van der Waals surface area contributed by atoms with Crippen molar-refractivity contribution in [1.29, 1.82) is 0 Å². The monoisotopic (exact) mass is 341 g/mol. The van der Waals surface area contributed by atoms with Gasteiger partial charge in [0.05, 0.1) is 16.4 Å². The van der Waals surface area contributed by atoms with E-state index in [0.29, 0.717) is 5.02 Å². The van der Waals surface area contributed by atoms with E-state index in [-0.39, 0.29) is 0 Å². The van der Waals surface area contributed by atoms with Crippen molar-refractivity contribution in [2.45, 2.75) is 11.3 Å². The first-order valence-electron chi connectivity index (χ1n) is 7.53. The summed E-state index contributed by atoms with van der Waals surface area (Å²) in [4.78, 5) is 1.24. The molecular weight excluding hydrogens is 326 g/mol. The number of benzene rings is 2. The molecule has 4 rings (SSSR count). The van der Waals surface area contributed by atoms with Gasteiger partial charge in [0.2, 0.25) is 0 Å². The van der Waals surface area contributed by atoms with Gasteiger partial charge in [-0.05, 0) is 30.9 Å². The molecule has 0 saturated carbocycles. The molecule has 5 heteroatoms. The summed E-state index contributed by atoms with van der Waals surface area (Å²) in [6.07, 6.45) is 3.08. The molecule has 0 radical (unpaired) electrons. The van der Waals surface area contributed by atoms with Crippen molar-refractivity contribution in [2.24, 2.45) is 0 Å². The Kier molecular flexibility index (Phi) is 3.79. The number of aromatic nitrogens is 2. The van der Waals surface area contributed by atoms with Gasteiger partial charge >= 0.3 is 0 Å². The highest BCUT2D eigenvalue weighted by Gasteiger charge is 2.25. The van der Waals surface area contributed by atoms with Crippen LogP contribution >= 0.6 is 23.4 Å². The molecule has 0 unspecified atom stereocenters. The fraction of sp³-hybridized carbons (Fsp3) is 0.167. The molecule has 2 heterocycles. The van der Waals surface area contributed by atoms with E-state index in [1.54, 1.807) is 11.8 Å². The summed E-state index contributed by atoms with van der Waals surface area (Å²) in [5.41, 5.74) is 4.42. The van der Waals surface area contributed by atoms with Gasteiger partial charge in [0.1, 0.15) is 5.82 Å². The maximum Gasteiger partial charge on any atom is 0.133 e. The fourth-order valence-corrected chi connectivity index (χ4v) is 3.84. The molecule has 3 aromatic rings. The molecule has 0 bridgehead atoms. The number of hydrogen-bond donors (Lipinski definition) is 1. The van der Waals surface area contributed by atoms with E-state index in [1.165, 1.54) is 16.0 Å². The van der Waals surface area contributed by atoms with Gasteiger partial charge in [-0.1, -0.05) is 41.9 Å². The molecule has 1 aromatic heterocycles. The SMILES string of the molecule is CSc1ccccc1-c1nn(-c2ccccc2Cl)c2c1CCN2. The first-order chi connectivity index (χ1) is 11.3. The van der Waals surface area contributed by atoms with Crippen molar-refractivity contribution >= 4 is 29.2 Å². The quantitative estimate of drug-likeness (QED) is 0.688. The van der Waals surface area contributed by atoms with Crippen molar-refractivity contribution < 1.29 is 0 Å². The normalized spacial score (nSPS) is 13.0. The molecule has 0 atom stereocenters. The van der Waals surface area contributed by atoms with E-state index in [1.807, 2.05) is 28.9 Å². The summed E-state index contributed by atoms with van der Waals surface area (Å²) in [5, 5.41) is 9.06. The second kappa shape index (κ2) is 5.95. The summed E-state index contributed by atoms with van der Waals surface area (Å²) in [5.74, 6) is 1.06. The molecule has 1 aliphatic heterocycles. The minimum absolute atomic E-state index is 0.705. The minimum atomic E-state index is 0.705. The molecule has 1 N–H and O–H groups in total. The molecule has 116 valence electrons. The zero-order valence-corrected chi connectivity index (χ0v) is 14.3. The standard InChI is InChI=1S/C18H16ClN3S/c1-23-16-9-5-2-6-12(16)17-13-10-11-20-18(13)22(21-17)15-8-4-3-7-14(15)19/h2-9,20H,10-11H2,1H3. The molecule has 2 aromatic carbocycles. The minimum Gasteiger partial charge on any atom is -0.369 e. The third-order valence-electron chi connectivity index (χ3n) is 4.09. The first-order valence-corrected chi connectivity index (χ1v) is 9.14. The molecule has 0 amide bonds. The molecule has 1 aliphatic rings. The van der Waals surface area contributed by atoms with E-state index in [2.05, 4.69) is 35.8 Å². The number of para-hydroxylation sites is 1. The number of rotatable bonds is 3. The Labute approximate surface area is 144 Å². The van der Waals surface area contributed by atoms with Crippen molar-refractivity contribution in [3.8, 4) is 16.9 Å². The van der Waals surface area contributed by atoms with E-state index in [9.17, 15) is 0 Å². The average Bonchev–Trinajstić information content (AvgIpc) is 3.18. The maximum atomic E-state index is 6.38. The van der Waals surface area contributed by atoms with Crippen LogP contribution in [0.1, 0.15) is 5.56 Å². The average molecular weight is 342 g/mol. The largest absolute Gasteiger partial charge is 0.369 e. The van der Waals surface area contributed by atoms with Gasteiger partial charge in [-0.25, -0.2) is 4.68 Å². The van der Waals surface area contributed by atoms with Gasteiger partial charge < -0.3 is 5.32 Å². The molecule has 0 fully saturated rings. The van der Waals surface area contributed by atoms with Crippen LogP contribution in [0.25, 0.3) is 16.9 Å². The van der Waals surface area contributed by atoms with Crippen LogP contribution in [0, 0.1) is 0 Å². The van der Waals surface area contributed by atoms with Gasteiger partial charge in [-0.2, -0.15) is 5.10 Å². The predicted octanol–water partition coefficient (Wildman–Crippen LogP) is 4.88. The lowest BCUT2D eigenvalue weighted by molar-refractivity contribution is 0.881. The van der Waals surface area contributed by atoms with Crippen LogP contribution in [0.5, 0.6) is 0 Å². The van der Waals surface area contributed by atoms with Gasteiger partial charge in [-0.3, -0.25) is 0 Å². The van der Waals surface area contributed by atoms with Gasteiger partial charge in [0.15, 0.2) is 0 Å². The summed E-state index contributed by atoms with van der Waals surface area (Å²) in [6.45, 7) is 0.937. The Bertz CT molecular complexity index is 872. The van der Waals surface area contributed by atoms with Crippen LogP contribution in [0.2, 0.25) is 5.02 Å². The highest BCUT2D eigenvalue weighted by molar-refractivity contribution is 7.98. The van der Waals surface area contributed by atoms with Crippen molar-refractivity contribution in [3.63, 3.8) is 0 Å². The Morgan fingerprint density at radius 1 is 1.13 bits per heavy atom. The number of thioether (sulfide) groups is 1. The molecule has 0 saturated heterocycles. The number of anilines is 1. The second-order valence-corrected chi connectivity index (χ2v) is 6.67. The number of fused-ring (bicyclic) bond motifs is 1. The van der Waals surface area contributed by atoms with Gasteiger partial charge in [0, 0.05) is 22.6 Å². The Balaban J connectivity index is 1.94. The second-order valence-electron chi connectivity index (χ2n) is 5.42. The van der Waals surface area contributed by atoms with E-state index >= 15 is 0 Å². The number of nitrogens with one attached hydrogen (secondary N) is 1. The number of halogens is 1. The van der Waals surface area contributed by atoms with Crippen LogP contribution in [0.3, 0.4) is 0 Å². The number of hydrogen-bond acceptors (Lipinski definition) is 3. The third-order valence-corrected chi connectivity index (χ3v) is 5.21.